The number of carbonyl (C=O) groups excluding carboxylic acids is 1. The van der Waals surface area contributed by atoms with Gasteiger partial charge in [-0.25, -0.2) is 0 Å². The first-order chi connectivity index (χ1) is 8.72. The second kappa shape index (κ2) is 6.34. The van der Waals surface area contributed by atoms with Crippen LogP contribution >= 0.6 is 0 Å². The summed E-state index contributed by atoms with van der Waals surface area (Å²) in [6.45, 7) is 8.55. The SMILES string of the molecule is C=CCN1CCC(N(C)CC2CCCNC2)C1=O. The van der Waals surface area contributed by atoms with E-state index in [0.29, 0.717) is 12.5 Å². The summed E-state index contributed by atoms with van der Waals surface area (Å²) in [6, 6.07) is 0.0897. The molecule has 2 atom stereocenters. The molecule has 0 saturated carbocycles. The Labute approximate surface area is 110 Å². The fraction of sp³-hybridized carbons (Fsp3) is 0.786. The van der Waals surface area contributed by atoms with Crippen molar-refractivity contribution in [2.45, 2.75) is 25.3 Å². The molecule has 0 bridgehead atoms. The quantitative estimate of drug-likeness (QED) is 0.731. The fourth-order valence-corrected chi connectivity index (χ4v) is 3.08. The van der Waals surface area contributed by atoms with Crippen molar-refractivity contribution in [3.05, 3.63) is 12.7 Å². The Hall–Kier alpha value is -0.870. The molecule has 2 saturated heterocycles. The highest BCUT2D eigenvalue weighted by Crippen LogP contribution is 2.19. The van der Waals surface area contributed by atoms with Crippen LogP contribution in [0.4, 0.5) is 0 Å². The average Bonchev–Trinajstić information content (AvgIpc) is 2.73. The summed E-state index contributed by atoms with van der Waals surface area (Å²) in [7, 11) is 2.09. The van der Waals surface area contributed by atoms with Crippen molar-refractivity contribution in [2.24, 2.45) is 5.92 Å². The molecule has 18 heavy (non-hydrogen) atoms. The molecular weight excluding hydrogens is 226 g/mol. The van der Waals surface area contributed by atoms with Crippen LogP contribution in [0.1, 0.15) is 19.3 Å². The van der Waals surface area contributed by atoms with Crippen LogP contribution < -0.4 is 5.32 Å². The Balaban J connectivity index is 1.83. The summed E-state index contributed by atoms with van der Waals surface area (Å²) in [5.74, 6) is 0.978. The highest BCUT2D eigenvalue weighted by molar-refractivity contribution is 5.84. The van der Waals surface area contributed by atoms with Crippen molar-refractivity contribution in [3.63, 3.8) is 0 Å². The normalized spacial score (nSPS) is 29.0. The molecule has 0 radical (unpaired) electrons. The number of likely N-dealkylation sites (tertiary alicyclic amines) is 1. The van der Waals surface area contributed by atoms with Gasteiger partial charge in [0, 0.05) is 19.6 Å². The largest absolute Gasteiger partial charge is 0.338 e. The Bertz CT molecular complexity index is 299. The number of likely N-dealkylation sites (N-methyl/N-ethyl adjacent to an activating group) is 1. The lowest BCUT2D eigenvalue weighted by Crippen LogP contribution is -2.44. The summed E-state index contributed by atoms with van der Waals surface area (Å²) in [5.41, 5.74) is 0. The van der Waals surface area contributed by atoms with E-state index in [4.69, 9.17) is 0 Å². The maximum absolute atomic E-state index is 12.2. The van der Waals surface area contributed by atoms with Crippen molar-refractivity contribution in [2.75, 3.05) is 39.8 Å². The maximum atomic E-state index is 12.2. The minimum absolute atomic E-state index is 0.0897. The molecule has 2 fully saturated rings. The Morgan fingerprint density at radius 3 is 3.06 bits per heavy atom. The first-order valence-corrected chi connectivity index (χ1v) is 7.03. The van der Waals surface area contributed by atoms with E-state index in [1.807, 2.05) is 11.0 Å². The summed E-state index contributed by atoms with van der Waals surface area (Å²) in [5, 5.41) is 3.44. The van der Waals surface area contributed by atoms with Gasteiger partial charge in [0.25, 0.3) is 0 Å². The number of rotatable bonds is 5. The van der Waals surface area contributed by atoms with Gasteiger partial charge < -0.3 is 10.2 Å². The van der Waals surface area contributed by atoms with E-state index < -0.39 is 0 Å². The van der Waals surface area contributed by atoms with Crippen molar-refractivity contribution in [1.82, 2.24) is 15.1 Å². The van der Waals surface area contributed by atoms with Crippen LogP contribution in [0.2, 0.25) is 0 Å². The van der Waals surface area contributed by atoms with E-state index in [0.717, 1.165) is 32.6 Å². The van der Waals surface area contributed by atoms with E-state index in [-0.39, 0.29) is 11.9 Å². The van der Waals surface area contributed by atoms with Crippen LogP contribution in [0.3, 0.4) is 0 Å². The van der Waals surface area contributed by atoms with Gasteiger partial charge in [0.15, 0.2) is 0 Å². The fourth-order valence-electron chi connectivity index (χ4n) is 3.08. The monoisotopic (exact) mass is 251 g/mol. The lowest BCUT2D eigenvalue weighted by molar-refractivity contribution is -0.131. The third-order valence-corrected chi connectivity index (χ3v) is 4.10. The molecule has 0 aromatic heterocycles. The van der Waals surface area contributed by atoms with Crippen LogP contribution in [0.25, 0.3) is 0 Å². The smallest absolute Gasteiger partial charge is 0.240 e. The minimum atomic E-state index is 0.0897. The van der Waals surface area contributed by atoms with Crippen LogP contribution in [0.15, 0.2) is 12.7 Å². The molecule has 2 aliphatic heterocycles. The first-order valence-electron chi connectivity index (χ1n) is 7.03. The number of nitrogens with zero attached hydrogens (tertiary/aromatic N) is 2. The number of amides is 1. The zero-order valence-corrected chi connectivity index (χ0v) is 11.4. The van der Waals surface area contributed by atoms with Gasteiger partial charge >= 0.3 is 0 Å². The van der Waals surface area contributed by atoms with E-state index in [1.54, 1.807) is 0 Å². The number of hydrogen-bond acceptors (Lipinski definition) is 3. The van der Waals surface area contributed by atoms with Crippen LogP contribution in [-0.2, 0) is 4.79 Å². The lowest BCUT2D eigenvalue weighted by atomic mass is 9.98. The first kappa shape index (κ1) is 13.6. The van der Waals surface area contributed by atoms with Gasteiger partial charge in [0.1, 0.15) is 0 Å². The Morgan fingerprint density at radius 2 is 2.39 bits per heavy atom. The van der Waals surface area contributed by atoms with Crippen molar-refractivity contribution in [1.29, 1.82) is 0 Å². The molecule has 0 spiro atoms. The van der Waals surface area contributed by atoms with E-state index >= 15 is 0 Å². The molecule has 2 heterocycles. The number of nitrogens with one attached hydrogen (secondary N) is 1. The second-order valence-corrected chi connectivity index (χ2v) is 5.53. The standard InChI is InChI=1S/C14H25N3O/c1-3-8-17-9-6-13(14(17)18)16(2)11-12-5-4-7-15-10-12/h3,12-13,15H,1,4-11H2,2H3. The van der Waals surface area contributed by atoms with Gasteiger partial charge in [0.2, 0.25) is 5.91 Å². The van der Waals surface area contributed by atoms with E-state index in [2.05, 4.69) is 23.8 Å². The maximum Gasteiger partial charge on any atom is 0.240 e. The molecule has 0 aliphatic carbocycles. The molecule has 1 amide bonds. The third-order valence-electron chi connectivity index (χ3n) is 4.10. The predicted molar refractivity (Wildman–Crippen MR) is 73.4 cm³/mol. The zero-order valence-electron chi connectivity index (χ0n) is 11.4. The molecular formula is C14H25N3O. The van der Waals surface area contributed by atoms with Gasteiger partial charge in [-0.15, -0.1) is 6.58 Å². The topological polar surface area (TPSA) is 35.6 Å². The van der Waals surface area contributed by atoms with Gasteiger partial charge in [0.05, 0.1) is 6.04 Å². The molecule has 2 aliphatic rings. The summed E-state index contributed by atoms with van der Waals surface area (Å²) >= 11 is 0. The Morgan fingerprint density at radius 1 is 1.56 bits per heavy atom. The summed E-state index contributed by atoms with van der Waals surface area (Å²) in [6.07, 6.45) is 5.32. The zero-order chi connectivity index (χ0) is 13.0. The number of piperidine rings is 1. The van der Waals surface area contributed by atoms with Gasteiger partial charge in [-0.1, -0.05) is 6.08 Å². The van der Waals surface area contributed by atoms with Crippen molar-refractivity contribution >= 4 is 5.91 Å². The summed E-state index contributed by atoms with van der Waals surface area (Å²) in [4.78, 5) is 16.4. The summed E-state index contributed by atoms with van der Waals surface area (Å²) < 4.78 is 0. The predicted octanol–water partition coefficient (Wildman–Crippen LogP) is 0.705. The minimum Gasteiger partial charge on any atom is -0.338 e. The van der Waals surface area contributed by atoms with Gasteiger partial charge in [-0.2, -0.15) is 0 Å². The Kier molecular flexibility index (Phi) is 4.78. The molecule has 1 N–H and O–H groups in total. The average molecular weight is 251 g/mol. The van der Waals surface area contributed by atoms with E-state index in [9.17, 15) is 4.79 Å². The second-order valence-electron chi connectivity index (χ2n) is 5.53. The van der Waals surface area contributed by atoms with Crippen LogP contribution in [0.5, 0.6) is 0 Å². The lowest BCUT2D eigenvalue weighted by Gasteiger charge is -2.30. The molecule has 4 nitrogen and oxygen atoms in total. The van der Waals surface area contributed by atoms with Crippen LogP contribution in [0, 0.1) is 5.92 Å². The van der Waals surface area contributed by atoms with Crippen LogP contribution in [-0.4, -0.2) is 61.5 Å². The molecule has 0 aromatic carbocycles. The van der Waals surface area contributed by atoms with E-state index in [1.165, 1.54) is 12.8 Å². The van der Waals surface area contributed by atoms with Gasteiger partial charge in [-0.05, 0) is 45.3 Å². The van der Waals surface area contributed by atoms with Crippen molar-refractivity contribution in [3.8, 4) is 0 Å². The van der Waals surface area contributed by atoms with Gasteiger partial charge in [-0.3, -0.25) is 9.69 Å². The third kappa shape index (κ3) is 3.12. The molecule has 0 aromatic rings. The number of hydrogen-bond donors (Lipinski definition) is 1. The highest BCUT2D eigenvalue weighted by atomic mass is 16.2. The molecule has 2 unspecified atom stereocenters. The highest BCUT2D eigenvalue weighted by Gasteiger charge is 2.34. The number of carbonyl (C=O) groups is 1. The van der Waals surface area contributed by atoms with Crippen molar-refractivity contribution < 1.29 is 4.79 Å². The molecule has 2 rings (SSSR count). The molecule has 102 valence electrons. The molecule has 4 heteroatoms.